The summed E-state index contributed by atoms with van der Waals surface area (Å²) in [5, 5.41) is 60.1. The average Bonchev–Trinajstić information content (AvgIpc) is 1.63. The highest BCUT2D eigenvalue weighted by Gasteiger charge is 2.46. The molecule has 4 aliphatic rings. The van der Waals surface area contributed by atoms with E-state index in [2.05, 4.69) is 60.0 Å². The van der Waals surface area contributed by atoms with Crippen molar-refractivity contribution in [3.05, 3.63) is 238 Å². The number of thiophene rings is 2. The van der Waals surface area contributed by atoms with Gasteiger partial charge in [0.2, 0.25) is 29.5 Å². The molecule has 141 heavy (non-hydrogen) atoms. The molecule has 0 radical (unpaired) electrons. The van der Waals surface area contributed by atoms with Gasteiger partial charge in [-0.2, -0.15) is 0 Å². The maximum atomic E-state index is 14.1. The molecule has 0 spiro atoms. The zero-order chi connectivity index (χ0) is 100. The number of nitrogens with zero attached hydrogens (tertiary/aromatic N) is 6. The number of fused-ring (bicyclic) bond motifs is 2. The van der Waals surface area contributed by atoms with Crippen LogP contribution in [-0.2, 0) is 47.7 Å². The van der Waals surface area contributed by atoms with Crippen LogP contribution in [0.25, 0.3) is 61.9 Å². The fourth-order valence-corrected chi connectivity index (χ4v) is 21.8. The Hall–Kier alpha value is -11.5. The summed E-state index contributed by atoms with van der Waals surface area (Å²) in [4.78, 5) is 97.4. The number of aromatic hydroxyl groups is 2. The molecular weight excluding hydrogens is 1880 g/mol. The van der Waals surface area contributed by atoms with Crippen molar-refractivity contribution < 1.29 is 91.5 Å². The summed E-state index contributed by atoms with van der Waals surface area (Å²) in [6.45, 7) is 26.3. The lowest BCUT2D eigenvalue weighted by Gasteiger charge is -2.35. The normalized spacial score (nSPS) is 17.5. The van der Waals surface area contributed by atoms with Crippen molar-refractivity contribution in [1.82, 2.24) is 45.5 Å². The van der Waals surface area contributed by atoms with Gasteiger partial charge in [0.25, 0.3) is 0 Å². The predicted molar refractivity (Wildman–Crippen MR) is 547 cm³/mol. The van der Waals surface area contributed by atoms with Crippen LogP contribution in [0.4, 0.5) is 8.78 Å². The smallest absolute Gasteiger partial charge is 0.329 e. The number of hydrogen-bond acceptors (Lipinski definition) is 25. The van der Waals surface area contributed by atoms with Gasteiger partial charge in [-0.05, 0) is 232 Å². The highest BCUT2D eigenvalue weighted by Crippen LogP contribution is 2.50. The second kappa shape index (κ2) is 48.5. The van der Waals surface area contributed by atoms with Gasteiger partial charge in [-0.15, -0.1) is 45.3 Å². The molecule has 4 aromatic heterocycles. The van der Waals surface area contributed by atoms with Crippen LogP contribution in [0.2, 0.25) is 0 Å². The van der Waals surface area contributed by atoms with Crippen molar-refractivity contribution in [3.63, 3.8) is 0 Å². The molecule has 5 amide bonds. The van der Waals surface area contributed by atoms with Crippen LogP contribution >= 0.6 is 45.3 Å². The standard InChI is InChI=1S/C54H62FN5O8S2.C31H32FNO6S.C23H32N4O3S/c1-33(35-6-8-38(9-7-35)49-34(2)56-32-69-49)57-52(64)45-28-42(62)30-60(45)53(65)51(54(3,4)5)58-47(63)31-67-27-26-66-25-24-59-22-20-37(21-23-59)36-12-17-43(18-13-36)68-48-44-19-16-41(61)29-46(44)70-50(48)39-10-14-40(55)15-11-39;32-24-5-1-23(2-6-24)31-30(27-10-7-25(34)19-28(27)40-31)39-26-8-3-21(4-9-26)22-11-13-33(14-12-22)15-16-37-17-18-38-20-29(35)36;1-13(15-6-8-16(9-7-15)19-14(2)25-12-31-19)26-21(29)18-10-17(28)11-27(18)22(30)20(24)23(3,4)5/h6-19,29,32-33,37,42,45,51,61-62H,20-28,30-31H2,1-5H3,(H,57,64)(H,58,63);1-10,19,22,34H,11-18,20H2,(H,35,36);6-9,12-13,17-18,20,28H,10-11,24H2,1-5H3,(H,26,29)/t33-,42+,45-,51+;;13-,17+,18-,20+/m0.0/s1. The minimum absolute atomic E-state index is 0.0149. The number of rotatable bonds is 35. The number of carbonyl (C=O) groups is 6. The number of thiazole rings is 2. The number of piperidine rings is 2. The van der Waals surface area contributed by atoms with Crippen LogP contribution in [-0.4, -0.2) is 232 Å². The SMILES string of the molecule is Cc1ncsc1-c1ccc([C@H](C)NC(=O)[C@@H]2C[C@@H](O)CN2C(=O)[C@@H](N)C(C)(C)C)cc1.Cc1ncsc1-c1ccc([C@H](C)NC(=O)[C@@H]2C[C@@H](O)CN2C(=O)[C@@H](NC(=O)COCCOCCN2CCC(c3ccc(Oc4c(-c5ccc(F)cc5)sc5cc(O)ccc45)cc3)CC2)C(C)(C)C)cc1.O=C(O)COCCOCCN1CCC(c2ccc(Oc3c(-c4ccc(F)cc4)sc4cc(O)ccc34)cc2)CC1. The average molecular weight is 2000 g/mol. The molecule has 0 aliphatic carbocycles. The topological polar surface area (TPSA) is 360 Å². The molecule has 8 heterocycles. The van der Waals surface area contributed by atoms with Gasteiger partial charge in [-0.3, -0.25) is 24.0 Å². The minimum atomic E-state index is -0.973. The molecule has 4 saturated heterocycles. The Labute approximate surface area is 837 Å². The number of carbonyl (C=O) groups excluding carboxylic acids is 5. The molecule has 27 nitrogen and oxygen atoms in total. The third-order valence-electron chi connectivity index (χ3n) is 26.0. The van der Waals surface area contributed by atoms with Crippen molar-refractivity contribution in [2.75, 3.05) is 105 Å². The summed E-state index contributed by atoms with van der Waals surface area (Å²) in [5.41, 5.74) is 18.9. The van der Waals surface area contributed by atoms with E-state index < -0.39 is 65.0 Å². The van der Waals surface area contributed by atoms with Crippen LogP contribution in [0.5, 0.6) is 34.5 Å². The molecular formula is C108H126F2N10O17S4. The van der Waals surface area contributed by atoms with E-state index in [-0.39, 0.29) is 105 Å². The predicted octanol–water partition coefficient (Wildman–Crippen LogP) is 18.4. The number of halogens is 2. The third kappa shape index (κ3) is 28.1. The minimum Gasteiger partial charge on any atom is -0.508 e. The number of carboxylic acids is 1. The number of carboxylic acid groups (broad SMARTS) is 1. The lowest BCUT2D eigenvalue weighted by molar-refractivity contribution is -0.144. The number of hydrogen-bond donors (Lipinski definition) is 9. The summed E-state index contributed by atoms with van der Waals surface area (Å²) < 4.78 is 64.0. The summed E-state index contributed by atoms with van der Waals surface area (Å²) in [6, 6.07) is 51.7. The van der Waals surface area contributed by atoms with Crippen LogP contribution < -0.4 is 31.2 Å². The number of nitrogens with one attached hydrogen (secondary N) is 3. The highest BCUT2D eigenvalue weighted by atomic mass is 32.1. The van der Waals surface area contributed by atoms with E-state index in [1.165, 1.54) is 67.9 Å². The molecule has 0 unspecified atom stereocenters. The van der Waals surface area contributed by atoms with Crippen molar-refractivity contribution in [3.8, 4) is 76.3 Å². The van der Waals surface area contributed by atoms with Gasteiger partial charge in [0, 0.05) is 59.2 Å². The number of phenols is 2. The Kier molecular flexibility index (Phi) is 36.2. The Morgan fingerprint density at radius 2 is 0.851 bits per heavy atom. The van der Waals surface area contributed by atoms with Crippen molar-refractivity contribution >= 4 is 101 Å². The van der Waals surface area contributed by atoms with E-state index in [0.29, 0.717) is 55.5 Å². The molecule has 748 valence electrons. The van der Waals surface area contributed by atoms with Crippen molar-refractivity contribution in [2.24, 2.45) is 16.6 Å². The third-order valence-corrected chi connectivity index (χ3v) is 30.3. The Balaban J connectivity index is 0.000000187. The summed E-state index contributed by atoms with van der Waals surface area (Å²) in [5.74, 6) is 0.653. The van der Waals surface area contributed by atoms with Gasteiger partial charge in [-0.1, -0.05) is 139 Å². The van der Waals surface area contributed by atoms with Crippen LogP contribution in [0, 0.1) is 36.3 Å². The number of aliphatic carboxylic acids is 1. The first-order valence-corrected chi connectivity index (χ1v) is 51.1. The number of ether oxygens (including phenoxy) is 6. The fraction of sp³-hybridized carbons (Fsp3) is 0.407. The van der Waals surface area contributed by atoms with E-state index in [1.807, 2.05) is 165 Å². The van der Waals surface area contributed by atoms with E-state index in [9.17, 15) is 58.0 Å². The quantitative estimate of drug-likeness (QED) is 0.0167. The van der Waals surface area contributed by atoms with Gasteiger partial charge in [0.1, 0.15) is 66.0 Å². The second-order valence-corrected chi connectivity index (χ2v) is 42.2. The molecule has 8 atom stereocenters. The number of phenolic OH excluding ortho intramolecular Hbond substituents is 2. The Bertz CT molecular complexity index is 6200. The monoisotopic (exact) mass is 2000 g/mol. The van der Waals surface area contributed by atoms with Crippen LogP contribution in [0.3, 0.4) is 0 Å². The lowest BCUT2D eigenvalue weighted by atomic mass is 9.85. The summed E-state index contributed by atoms with van der Waals surface area (Å²) in [6.07, 6.45) is 2.86. The molecule has 4 aliphatic heterocycles. The van der Waals surface area contributed by atoms with Crippen LogP contribution in [0.15, 0.2) is 193 Å². The zero-order valence-electron chi connectivity index (χ0n) is 81.1. The highest BCUT2D eigenvalue weighted by molar-refractivity contribution is 7.23. The van der Waals surface area contributed by atoms with Gasteiger partial charge in [-0.25, -0.2) is 23.5 Å². The van der Waals surface area contributed by atoms with E-state index in [4.69, 9.17) is 39.3 Å². The number of aryl methyl sites for hydroxylation is 2. The fourth-order valence-electron chi connectivity index (χ4n) is 17.9. The maximum Gasteiger partial charge on any atom is 0.329 e. The zero-order valence-corrected chi connectivity index (χ0v) is 84.4. The number of amides is 5. The Morgan fingerprint density at radius 3 is 1.23 bits per heavy atom. The molecule has 12 aromatic rings. The van der Waals surface area contributed by atoms with E-state index in [0.717, 1.165) is 155 Å². The summed E-state index contributed by atoms with van der Waals surface area (Å²) >= 11 is 6.17. The molecule has 10 N–H and O–H groups in total. The lowest BCUT2D eigenvalue weighted by Crippen LogP contribution is -2.58. The van der Waals surface area contributed by atoms with Gasteiger partial charge < -0.3 is 95.2 Å². The largest absolute Gasteiger partial charge is 0.508 e. The first-order chi connectivity index (χ1) is 67.5. The first kappa shape index (κ1) is 105. The number of aromatic nitrogens is 2. The van der Waals surface area contributed by atoms with E-state index in [1.54, 1.807) is 71.2 Å². The van der Waals surface area contributed by atoms with Gasteiger partial charge in [0.05, 0.1) is 112 Å². The first-order valence-electron chi connectivity index (χ1n) is 47.8. The number of benzene rings is 8. The molecule has 8 aromatic carbocycles. The van der Waals surface area contributed by atoms with Crippen molar-refractivity contribution in [2.45, 2.75) is 168 Å². The van der Waals surface area contributed by atoms with Gasteiger partial charge in [0.15, 0.2) is 11.5 Å². The molecule has 4 fully saturated rings. The molecule has 16 rings (SSSR count). The second-order valence-electron chi connectivity index (χ2n) is 38.4. The number of β-amino-alcohol motifs (C(OH)–C–C–N with tert-alkyl or cyclic N) is 2. The van der Waals surface area contributed by atoms with Crippen LogP contribution in [0.1, 0.15) is 151 Å². The number of aliphatic hydroxyl groups is 2. The summed E-state index contributed by atoms with van der Waals surface area (Å²) in [7, 11) is 0. The van der Waals surface area contributed by atoms with E-state index >= 15 is 0 Å². The van der Waals surface area contributed by atoms with Gasteiger partial charge >= 0.3 is 5.97 Å². The number of aliphatic hydroxyl groups excluding tert-OH is 2. The molecule has 0 saturated carbocycles. The number of nitrogens with two attached hydrogens (primary N) is 1. The maximum absolute atomic E-state index is 14.1. The molecule has 33 heteroatoms. The Morgan fingerprint density at radius 1 is 0.475 bits per heavy atom. The molecule has 0 bridgehead atoms. The number of likely N-dealkylation sites (tertiary alicyclic amines) is 4. The van der Waals surface area contributed by atoms with Crippen molar-refractivity contribution in [1.29, 1.82) is 0 Å².